The third-order valence-electron chi connectivity index (χ3n) is 5.03. The number of carbonyl (C=O) groups excluding carboxylic acids is 1. The van der Waals surface area contributed by atoms with Gasteiger partial charge in [0.2, 0.25) is 0 Å². The lowest BCUT2D eigenvalue weighted by Gasteiger charge is -2.23. The highest BCUT2D eigenvalue weighted by atomic mass is 32.2. The molecule has 4 aromatic rings. The van der Waals surface area contributed by atoms with Gasteiger partial charge in [0.25, 0.3) is 10.0 Å². The summed E-state index contributed by atoms with van der Waals surface area (Å²) in [7, 11) is -2.86. The highest BCUT2D eigenvalue weighted by molar-refractivity contribution is 7.93. The van der Waals surface area contributed by atoms with Crippen molar-refractivity contribution in [3.8, 4) is 11.5 Å². The fourth-order valence-electron chi connectivity index (χ4n) is 3.28. The van der Waals surface area contributed by atoms with E-state index in [0.717, 1.165) is 5.56 Å². The summed E-state index contributed by atoms with van der Waals surface area (Å²) < 4.78 is 38.7. The van der Waals surface area contributed by atoms with Crippen LogP contribution in [0.2, 0.25) is 0 Å². The number of hydrogen-bond donors (Lipinski definition) is 0. The highest BCUT2D eigenvalue weighted by Crippen LogP contribution is 2.30. The van der Waals surface area contributed by atoms with Gasteiger partial charge in [0.15, 0.2) is 0 Å². The van der Waals surface area contributed by atoms with Crippen LogP contribution in [-0.4, -0.2) is 26.6 Å². The molecular formula is C27H22N2O5S. The van der Waals surface area contributed by atoms with Gasteiger partial charge in [-0.1, -0.05) is 48.6 Å². The Morgan fingerprint density at radius 3 is 2.14 bits per heavy atom. The molecule has 35 heavy (non-hydrogen) atoms. The van der Waals surface area contributed by atoms with E-state index in [1.54, 1.807) is 79.1 Å². The summed E-state index contributed by atoms with van der Waals surface area (Å²) in [6.45, 7) is 0. The van der Waals surface area contributed by atoms with Crippen molar-refractivity contribution >= 4 is 34.0 Å². The lowest BCUT2D eigenvalue weighted by Crippen LogP contribution is -2.39. The molecule has 176 valence electrons. The summed E-state index contributed by atoms with van der Waals surface area (Å²) in [4.78, 5) is 17.3. The topological polar surface area (TPSA) is 85.8 Å². The van der Waals surface area contributed by atoms with Crippen molar-refractivity contribution in [2.75, 3.05) is 11.4 Å². The second-order valence-electron chi connectivity index (χ2n) is 7.30. The molecule has 0 saturated carbocycles. The minimum absolute atomic E-state index is 0.0868. The Morgan fingerprint density at radius 1 is 0.800 bits per heavy atom. The SMILES string of the molecule is COc1ccc(S(=O)(=O)N(C(=O)Oc2ccccc2)c2ccccc2/C=C/c2ccncc2)cc1. The van der Waals surface area contributed by atoms with Gasteiger partial charge in [-0.3, -0.25) is 4.98 Å². The number of anilines is 1. The van der Waals surface area contributed by atoms with E-state index in [1.807, 2.05) is 12.1 Å². The van der Waals surface area contributed by atoms with Gasteiger partial charge in [-0.15, -0.1) is 0 Å². The zero-order valence-electron chi connectivity index (χ0n) is 18.8. The summed E-state index contributed by atoms with van der Waals surface area (Å²) in [5.74, 6) is 0.709. The Hall–Kier alpha value is -4.43. The van der Waals surface area contributed by atoms with Crippen molar-refractivity contribution in [1.29, 1.82) is 0 Å². The maximum atomic E-state index is 13.7. The van der Waals surface area contributed by atoms with E-state index in [1.165, 1.54) is 31.4 Å². The van der Waals surface area contributed by atoms with Gasteiger partial charge >= 0.3 is 6.09 Å². The quantitative estimate of drug-likeness (QED) is 0.335. The van der Waals surface area contributed by atoms with E-state index >= 15 is 0 Å². The number of carbonyl (C=O) groups is 1. The Kier molecular flexibility index (Phi) is 7.23. The number of ether oxygens (including phenoxy) is 2. The van der Waals surface area contributed by atoms with E-state index in [9.17, 15) is 13.2 Å². The van der Waals surface area contributed by atoms with Gasteiger partial charge in [0.1, 0.15) is 11.5 Å². The number of benzene rings is 3. The molecule has 0 atom stereocenters. The van der Waals surface area contributed by atoms with Crippen LogP contribution < -0.4 is 13.8 Å². The van der Waals surface area contributed by atoms with Gasteiger partial charge in [-0.05, 0) is 65.7 Å². The fourth-order valence-corrected chi connectivity index (χ4v) is 4.63. The Labute approximate surface area is 204 Å². The van der Waals surface area contributed by atoms with E-state index in [4.69, 9.17) is 9.47 Å². The molecule has 7 nitrogen and oxygen atoms in total. The normalized spacial score (nSPS) is 11.2. The van der Waals surface area contributed by atoms with Crippen molar-refractivity contribution in [3.05, 3.63) is 115 Å². The van der Waals surface area contributed by atoms with E-state index in [0.29, 0.717) is 15.6 Å². The van der Waals surface area contributed by atoms with E-state index in [2.05, 4.69) is 4.98 Å². The predicted octanol–water partition coefficient (Wildman–Crippen LogP) is 5.65. The van der Waals surface area contributed by atoms with Crippen molar-refractivity contribution in [3.63, 3.8) is 0 Å². The summed E-state index contributed by atoms with van der Waals surface area (Å²) in [6.07, 6.45) is 5.79. The predicted molar refractivity (Wildman–Crippen MR) is 135 cm³/mol. The zero-order valence-corrected chi connectivity index (χ0v) is 19.6. The maximum Gasteiger partial charge on any atom is 0.434 e. The second kappa shape index (κ2) is 10.7. The molecule has 0 N–H and O–H groups in total. The van der Waals surface area contributed by atoms with Crippen LogP contribution in [-0.2, 0) is 10.0 Å². The van der Waals surface area contributed by atoms with Crippen LogP contribution in [0.25, 0.3) is 12.2 Å². The lowest BCUT2D eigenvalue weighted by atomic mass is 10.1. The molecular weight excluding hydrogens is 464 g/mol. The van der Waals surface area contributed by atoms with Gasteiger partial charge < -0.3 is 9.47 Å². The number of pyridine rings is 1. The average Bonchev–Trinajstić information content (AvgIpc) is 2.89. The molecule has 0 aliphatic rings. The van der Waals surface area contributed by atoms with Crippen molar-refractivity contribution in [2.24, 2.45) is 0 Å². The Balaban J connectivity index is 1.80. The van der Waals surface area contributed by atoms with E-state index < -0.39 is 16.1 Å². The van der Waals surface area contributed by atoms with Crippen LogP contribution in [0.15, 0.2) is 108 Å². The lowest BCUT2D eigenvalue weighted by molar-refractivity contribution is 0.211. The third-order valence-corrected chi connectivity index (χ3v) is 6.72. The minimum atomic E-state index is -4.34. The molecule has 1 aromatic heterocycles. The minimum Gasteiger partial charge on any atom is -0.497 e. The van der Waals surface area contributed by atoms with Crippen LogP contribution in [0.3, 0.4) is 0 Å². The summed E-state index contributed by atoms with van der Waals surface area (Å²) in [6, 6.07) is 24.4. The third kappa shape index (κ3) is 5.56. The van der Waals surface area contributed by atoms with Gasteiger partial charge in [0.05, 0.1) is 17.7 Å². The van der Waals surface area contributed by atoms with Crippen molar-refractivity contribution < 1.29 is 22.7 Å². The number of para-hydroxylation sites is 2. The number of hydrogen-bond acceptors (Lipinski definition) is 6. The number of methoxy groups -OCH3 is 1. The van der Waals surface area contributed by atoms with E-state index in [-0.39, 0.29) is 16.3 Å². The molecule has 0 aliphatic heterocycles. The molecule has 0 radical (unpaired) electrons. The van der Waals surface area contributed by atoms with Crippen LogP contribution in [0.4, 0.5) is 10.5 Å². The summed E-state index contributed by atoms with van der Waals surface area (Å²) in [5, 5.41) is 0. The number of nitrogens with zero attached hydrogens (tertiary/aromatic N) is 2. The largest absolute Gasteiger partial charge is 0.497 e. The van der Waals surface area contributed by atoms with Crippen LogP contribution >= 0.6 is 0 Å². The first-order valence-corrected chi connectivity index (χ1v) is 12.1. The average molecular weight is 487 g/mol. The summed E-state index contributed by atoms with van der Waals surface area (Å²) in [5.41, 5.74) is 1.52. The number of rotatable bonds is 7. The summed E-state index contributed by atoms with van der Waals surface area (Å²) >= 11 is 0. The first-order valence-electron chi connectivity index (χ1n) is 10.6. The molecule has 0 spiro atoms. The Bertz CT molecular complexity index is 1420. The molecule has 0 fully saturated rings. The number of aromatic nitrogens is 1. The first kappa shape index (κ1) is 23.7. The number of sulfonamides is 1. The van der Waals surface area contributed by atoms with Crippen LogP contribution in [0.5, 0.6) is 11.5 Å². The molecule has 8 heteroatoms. The highest BCUT2D eigenvalue weighted by Gasteiger charge is 2.34. The molecule has 1 amide bonds. The molecule has 0 aliphatic carbocycles. The van der Waals surface area contributed by atoms with Gasteiger partial charge in [-0.2, -0.15) is 4.31 Å². The van der Waals surface area contributed by atoms with Crippen LogP contribution in [0.1, 0.15) is 11.1 Å². The van der Waals surface area contributed by atoms with Gasteiger partial charge in [-0.25, -0.2) is 13.2 Å². The molecule has 0 bridgehead atoms. The zero-order chi connectivity index (χ0) is 24.7. The molecule has 0 saturated heterocycles. The van der Waals surface area contributed by atoms with Gasteiger partial charge in [0, 0.05) is 12.4 Å². The second-order valence-corrected chi connectivity index (χ2v) is 9.09. The molecule has 0 unspecified atom stereocenters. The van der Waals surface area contributed by atoms with Crippen LogP contribution in [0, 0.1) is 0 Å². The van der Waals surface area contributed by atoms with Crippen molar-refractivity contribution in [2.45, 2.75) is 4.90 Å². The first-order chi connectivity index (χ1) is 17.0. The smallest absolute Gasteiger partial charge is 0.434 e. The monoisotopic (exact) mass is 486 g/mol. The maximum absolute atomic E-state index is 13.7. The molecule has 1 heterocycles. The molecule has 3 aromatic carbocycles. The fraction of sp³-hybridized carbons (Fsp3) is 0.0370. The number of amides is 1. The Morgan fingerprint density at radius 2 is 1.46 bits per heavy atom. The standard InChI is InChI=1S/C27H22N2O5S/c1-33-23-13-15-25(16-14-23)35(31,32)29(27(30)34-24-8-3-2-4-9-24)26-10-6-5-7-22(26)12-11-21-17-19-28-20-18-21/h2-20H,1H3/b12-11+. The van der Waals surface area contributed by atoms with Crippen molar-refractivity contribution in [1.82, 2.24) is 4.98 Å². The molecule has 4 rings (SSSR count).